The molecular weight excluding hydrogens is 250 g/mol. The van der Waals surface area contributed by atoms with E-state index in [9.17, 15) is 0 Å². The molecule has 0 aliphatic heterocycles. The minimum absolute atomic E-state index is 0.695. The maximum atomic E-state index is 5.69. The van der Waals surface area contributed by atoms with E-state index in [0.717, 1.165) is 31.9 Å². The van der Waals surface area contributed by atoms with Crippen molar-refractivity contribution >= 4 is 0 Å². The summed E-state index contributed by atoms with van der Waals surface area (Å²) in [4.78, 5) is 6.88. The molecule has 1 saturated carbocycles. The Kier molecular flexibility index (Phi) is 6.27. The van der Waals surface area contributed by atoms with E-state index in [0.29, 0.717) is 6.04 Å². The predicted octanol–water partition coefficient (Wildman–Crippen LogP) is 2.57. The molecule has 0 spiro atoms. The van der Waals surface area contributed by atoms with Gasteiger partial charge >= 0.3 is 0 Å². The summed E-state index contributed by atoms with van der Waals surface area (Å²) < 4.78 is 5.38. The van der Waals surface area contributed by atoms with Crippen LogP contribution in [0.5, 0.6) is 5.88 Å². The summed E-state index contributed by atoms with van der Waals surface area (Å²) in [7, 11) is 1.69. The van der Waals surface area contributed by atoms with Crippen molar-refractivity contribution < 1.29 is 4.74 Å². The van der Waals surface area contributed by atoms with Crippen molar-refractivity contribution in [3.8, 4) is 5.88 Å². The Bertz CT molecular complexity index is 391. The molecule has 0 aromatic carbocycles. The topological polar surface area (TPSA) is 51.4 Å². The second-order valence-corrected chi connectivity index (χ2v) is 5.58. The average Bonchev–Trinajstić information content (AvgIpc) is 2.52. The molecule has 0 bridgehead atoms. The van der Waals surface area contributed by atoms with Crippen LogP contribution in [0, 0.1) is 0 Å². The first kappa shape index (κ1) is 15.3. The number of pyridine rings is 1. The van der Waals surface area contributed by atoms with Gasteiger partial charge in [-0.15, -0.1) is 0 Å². The number of nitrogens with zero attached hydrogens (tertiary/aromatic N) is 2. The standard InChI is InChI=1S/C16H27N3O/c1-20-16-14(7-5-11-18-16)13-19(12-6-10-17)15-8-3-2-4-9-15/h5,7,11,15H,2-4,6,8-10,12-13,17H2,1H3. The number of hydrogen-bond acceptors (Lipinski definition) is 4. The van der Waals surface area contributed by atoms with Gasteiger partial charge in [-0.2, -0.15) is 0 Å². The van der Waals surface area contributed by atoms with Crippen molar-refractivity contribution in [2.24, 2.45) is 5.73 Å². The Morgan fingerprint density at radius 1 is 1.35 bits per heavy atom. The normalized spacial score (nSPS) is 16.6. The van der Waals surface area contributed by atoms with Crippen LogP contribution in [0.3, 0.4) is 0 Å². The van der Waals surface area contributed by atoms with Gasteiger partial charge in [-0.3, -0.25) is 4.90 Å². The molecule has 2 rings (SSSR count). The third-order valence-corrected chi connectivity index (χ3v) is 4.16. The zero-order valence-electron chi connectivity index (χ0n) is 12.6. The maximum absolute atomic E-state index is 5.69. The van der Waals surface area contributed by atoms with Crippen LogP contribution in [-0.4, -0.2) is 36.1 Å². The summed E-state index contributed by atoms with van der Waals surface area (Å²) in [6, 6.07) is 4.80. The highest BCUT2D eigenvalue weighted by Crippen LogP contribution is 2.25. The van der Waals surface area contributed by atoms with Crippen molar-refractivity contribution in [1.82, 2.24) is 9.88 Å². The van der Waals surface area contributed by atoms with Crippen molar-refractivity contribution in [3.05, 3.63) is 23.9 Å². The first-order chi connectivity index (χ1) is 9.85. The summed E-state index contributed by atoms with van der Waals surface area (Å²) >= 11 is 0. The smallest absolute Gasteiger partial charge is 0.217 e. The molecular formula is C16H27N3O. The summed E-state index contributed by atoms with van der Waals surface area (Å²) in [5.41, 5.74) is 6.87. The largest absolute Gasteiger partial charge is 0.481 e. The van der Waals surface area contributed by atoms with Crippen molar-refractivity contribution in [3.63, 3.8) is 0 Å². The molecule has 112 valence electrons. The third kappa shape index (κ3) is 4.18. The van der Waals surface area contributed by atoms with E-state index >= 15 is 0 Å². The lowest BCUT2D eigenvalue weighted by molar-refractivity contribution is 0.145. The Hall–Kier alpha value is -1.13. The molecule has 0 amide bonds. The lowest BCUT2D eigenvalue weighted by Crippen LogP contribution is -2.37. The number of ether oxygens (including phenoxy) is 1. The highest BCUT2D eigenvalue weighted by atomic mass is 16.5. The van der Waals surface area contributed by atoms with Crippen LogP contribution in [0.2, 0.25) is 0 Å². The molecule has 1 aromatic rings. The van der Waals surface area contributed by atoms with E-state index in [1.165, 1.54) is 37.7 Å². The SMILES string of the molecule is COc1ncccc1CN(CCCN)C1CCCCC1. The Balaban J connectivity index is 2.05. The summed E-state index contributed by atoms with van der Waals surface area (Å²) in [6.07, 6.45) is 9.56. The number of rotatable bonds is 7. The van der Waals surface area contributed by atoms with Crippen LogP contribution in [0.4, 0.5) is 0 Å². The maximum Gasteiger partial charge on any atom is 0.217 e. The van der Waals surface area contributed by atoms with Crippen LogP contribution in [-0.2, 0) is 6.54 Å². The molecule has 2 N–H and O–H groups in total. The minimum atomic E-state index is 0.695. The summed E-state index contributed by atoms with van der Waals surface area (Å²) in [6.45, 7) is 2.74. The van der Waals surface area contributed by atoms with Gasteiger partial charge in [0.2, 0.25) is 5.88 Å². The molecule has 1 fully saturated rings. The summed E-state index contributed by atoms with van der Waals surface area (Å²) in [5.74, 6) is 0.751. The third-order valence-electron chi connectivity index (χ3n) is 4.16. The Morgan fingerprint density at radius 3 is 2.85 bits per heavy atom. The lowest BCUT2D eigenvalue weighted by Gasteiger charge is -2.34. The van der Waals surface area contributed by atoms with E-state index < -0.39 is 0 Å². The predicted molar refractivity (Wildman–Crippen MR) is 81.7 cm³/mol. The molecule has 4 nitrogen and oxygen atoms in total. The molecule has 0 radical (unpaired) electrons. The number of aromatic nitrogens is 1. The molecule has 1 aliphatic carbocycles. The van der Waals surface area contributed by atoms with Gasteiger partial charge in [0.15, 0.2) is 0 Å². The first-order valence-electron chi connectivity index (χ1n) is 7.77. The molecule has 1 aromatic heterocycles. The molecule has 1 aliphatic rings. The average molecular weight is 277 g/mol. The van der Waals surface area contributed by atoms with Crippen molar-refractivity contribution in [1.29, 1.82) is 0 Å². The van der Waals surface area contributed by atoms with Crippen LogP contribution in [0.25, 0.3) is 0 Å². The van der Waals surface area contributed by atoms with E-state index in [1.54, 1.807) is 13.3 Å². The highest BCUT2D eigenvalue weighted by molar-refractivity contribution is 5.25. The van der Waals surface area contributed by atoms with Gasteiger partial charge in [0, 0.05) is 24.3 Å². The van der Waals surface area contributed by atoms with E-state index in [4.69, 9.17) is 10.5 Å². The highest BCUT2D eigenvalue weighted by Gasteiger charge is 2.21. The molecule has 0 saturated heterocycles. The molecule has 4 heteroatoms. The van der Waals surface area contributed by atoms with Gasteiger partial charge in [0.25, 0.3) is 0 Å². The first-order valence-corrected chi connectivity index (χ1v) is 7.77. The van der Waals surface area contributed by atoms with Crippen molar-refractivity contribution in [2.75, 3.05) is 20.2 Å². The van der Waals surface area contributed by atoms with Crippen LogP contribution >= 0.6 is 0 Å². The van der Waals surface area contributed by atoms with Gasteiger partial charge in [-0.25, -0.2) is 4.98 Å². The van der Waals surface area contributed by atoms with Crippen LogP contribution in [0.15, 0.2) is 18.3 Å². The number of nitrogens with two attached hydrogens (primary N) is 1. The van der Waals surface area contributed by atoms with Crippen molar-refractivity contribution in [2.45, 2.75) is 51.1 Å². The molecule has 20 heavy (non-hydrogen) atoms. The molecule has 1 heterocycles. The van der Waals surface area contributed by atoms with Gasteiger partial charge in [0.1, 0.15) is 0 Å². The van der Waals surface area contributed by atoms with Gasteiger partial charge < -0.3 is 10.5 Å². The van der Waals surface area contributed by atoms with Gasteiger partial charge in [0.05, 0.1) is 7.11 Å². The van der Waals surface area contributed by atoms with E-state index in [2.05, 4.69) is 16.0 Å². The Morgan fingerprint density at radius 2 is 2.15 bits per heavy atom. The minimum Gasteiger partial charge on any atom is -0.481 e. The second-order valence-electron chi connectivity index (χ2n) is 5.58. The fourth-order valence-corrected chi connectivity index (χ4v) is 3.08. The van der Waals surface area contributed by atoms with E-state index in [-0.39, 0.29) is 0 Å². The monoisotopic (exact) mass is 277 g/mol. The number of methoxy groups -OCH3 is 1. The fourth-order valence-electron chi connectivity index (χ4n) is 3.08. The van der Waals surface area contributed by atoms with Crippen LogP contribution in [0.1, 0.15) is 44.1 Å². The quantitative estimate of drug-likeness (QED) is 0.832. The lowest BCUT2D eigenvalue weighted by atomic mass is 9.93. The zero-order chi connectivity index (χ0) is 14.2. The number of hydrogen-bond donors (Lipinski definition) is 1. The van der Waals surface area contributed by atoms with Gasteiger partial charge in [-0.05, 0) is 38.4 Å². The molecule has 0 atom stereocenters. The fraction of sp³-hybridized carbons (Fsp3) is 0.688. The van der Waals surface area contributed by atoms with Crippen LogP contribution < -0.4 is 10.5 Å². The molecule has 0 unspecified atom stereocenters. The second kappa shape index (κ2) is 8.22. The summed E-state index contributed by atoms with van der Waals surface area (Å²) in [5, 5.41) is 0. The van der Waals surface area contributed by atoms with E-state index in [1.807, 2.05) is 6.07 Å². The zero-order valence-corrected chi connectivity index (χ0v) is 12.6. The van der Waals surface area contributed by atoms with Gasteiger partial charge in [-0.1, -0.05) is 25.3 Å². The Labute approximate surface area is 122 Å².